The van der Waals surface area contributed by atoms with Gasteiger partial charge >= 0.3 is 0 Å². The second-order valence-electron chi connectivity index (χ2n) is 5.85. The zero-order chi connectivity index (χ0) is 13.9. The fraction of sp³-hybridized carbons (Fsp3) is 0.471. The van der Waals surface area contributed by atoms with Gasteiger partial charge in [-0.3, -0.25) is 0 Å². The van der Waals surface area contributed by atoms with Crippen molar-refractivity contribution in [3.05, 3.63) is 53.6 Å². The van der Waals surface area contributed by atoms with Gasteiger partial charge in [-0.25, -0.2) is 4.98 Å². The van der Waals surface area contributed by atoms with E-state index in [0.717, 1.165) is 18.7 Å². The lowest BCUT2D eigenvalue weighted by atomic mass is 9.78. The number of benzene rings is 1. The predicted octanol–water partition coefficient (Wildman–Crippen LogP) is 2.80. The van der Waals surface area contributed by atoms with Gasteiger partial charge in [0.15, 0.2) is 0 Å². The Morgan fingerprint density at radius 1 is 1.40 bits per heavy atom. The van der Waals surface area contributed by atoms with Gasteiger partial charge in [-0.05, 0) is 42.7 Å². The number of rotatable bonds is 4. The lowest BCUT2D eigenvalue weighted by molar-refractivity contribution is 0.438. The Kier molecular flexibility index (Phi) is 3.88. The first-order valence-electron chi connectivity index (χ1n) is 7.55. The minimum atomic E-state index is 0.230. The number of nitrogens with zero attached hydrogens (tertiary/aromatic N) is 2. The summed E-state index contributed by atoms with van der Waals surface area (Å²) in [5.41, 5.74) is 9.47. The molecular formula is C17H23N3. The minimum absolute atomic E-state index is 0.230. The van der Waals surface area contributed by atoms with Crippen LogP contribution in [0, 0.1) is 0 Å². The number of aryl methyl sites for hydroxylation is 3. The monoisotopic (exact) mass is 269 g/mol. The summed E-state index contributed by atoms with van der Waals surface area (Å²) in [6.45, 7) is 0. The van der Waals surface area contributed by atoms with E-state index in [1.165, 1.54) is 30.4 Å². The molecule has 1 aliphatic rings. The lowest BCUT2D eigenvalue weighted by Crippen LogP contribution is -2.31. The number of hydrogen-bond acceptors (Lipinski definition) is 2. The van der Waals surface area contributed by atoms with E-state index < -0.39 is 0 Å². The van der Waals surface area contributed by atoms with Crippen LogP contribution >= 0.6 is 0 Å². The molecule has 0 saturated heterocycles. The molecule has 1 heterocycles. The van der Waals surface area contributed by atoms with Crippen molar-refractivity contribution in [2.24, 2.45) is 12.8 Å². The van der Waals surface area contributed by atoms with Gasteiger partial charge in [0.05, 0.1) is 0 Å². The van der Waals surface area contributed by atoms with E-state index in [-0.39, 0.29) is 6.04 Å². The fourth-order valence-corrected chi connectivity index (χ4v) is 3.37. The van der Waals surface area contributed by atoms with Crippen molar-refractivity contribution in [1.82, 2.24) is 9.55 Å². The van der Waals surface area contributed by atoms with Gasteiger partial charge in [-0.15, -0.1) is 0 Å². The third kappa shape index (κ3) is 2.63. The smallest absolute Gasteiger partial charge is 0.108 e. The van der Waals surface area contributed by atoms with Crippen molar-refractivity contribution in [2.45, 2.75) is 44.1 Å². The molecule has 0 fully saturated rings. The van der Waals surface area contributed by atoms with Crippen LogP contribution in [0.2, 0.25) is 0 Å². The molecule has 2 atom stereocenters. The maximum absolute atomic E-state index is 6.49. The Hall–Kier alpha value is -1.61. The Labute approximate surface area is 120 Å². The van der Waals surface area contributed by atoms with Crippen molar-refractivity contribution in [1.29, 1.82) is 0 Å². The highest BCUT2D eigenvalue weighted by atomic mass is 15.0. The molecule has 0 radical (unpaired) electrons. The van der Waals surface area contributed by atoms with Crippen LogP contribution in [0.15, 0.2) is 36.7 Å². The van der Waals surface area contributed by atoms with E-state index in [1.807, 2.05) is 19.4 Å². The SMILES string of the molecule is Cn1ccnc1CCC(N)C1CCCc2ccccc21. The molecule has 1 aliphatic carbocycles. The van der Waals surface area contributed by atoms with Crippen LogP contribution in [-0.4, -0.2) is 15.6 Å². The second kappa shape index (κ2) is 5.80. The molecule has 0 spiro atoms. The van der Waals surface area contributed by atoms with E-state index in [0.29, 0.717) is 5.92 Å². The first-order valence-corrected chi connectivity index (χ1v) is 7.55. The van der Waals surface area contributed by atoms with Crippen LogP contribution < -0.4 is 5.73 Å². The summed E-state index contributed by atoms with van der Waals surface area (Å²) in [6, 6.07) is 9.03. The molecule has 1 aromatic carbocycles. The molecule has 3 nitrogen and oxygen atoms in total. The second-order valence-corrected chi connectivity index (χ2v) is 5.85. The van der Waals surface area contributed by atoms with E-state index in [4.69, 9.17) is 5.73 Å². The summed E-state index contributed by atoms with van der Waals surface area (Å²) < 4.78 is 2.08. The molecular weight excluding hydrogens is 246 g/mol. The number of aromatic nitrogens is 2. The van der Waals surface area contributed by atoms with Gasteiger partial charge in [0.25, 0.3) is 0 Å². The number of nitrogens with two attached hydrogens (primary N) is 1. The Bertz CT molecular complexity index is 573. The first-order chi connectivity index (χ1) is 9.75. The third-order valence-corrected chi connectivity index (χ3v) is 4.55. The first kappa shape index (κ1) is 13.4. The molecule has 0 saturated carbocycles. The van der Waals surface area contributed by atoms with E-state index in [9.17, 15) is 0 Å². The Balaban J connectivity index is 1.69. The highest BCUT2D eigenvalue weighted by molar-refractivity contribution is 5.33. The summed E-state index contributed by atoms with van der Waals surface area (Å²) in [7, 11) is 2.05. The van der Waals surface area contributed by atoms with Gasteiger partial charge in [0.1, 0.15) is 5.82 Å². The largest absolute Gasteiger partial charge is 0.338 e. The Morgan fingerprint density at radius 2 is 2.25 bits per heavy atom. The third-order valence-electron chi connectivity index (χ3n) is 4.55. The van der Waals surface area contributed by atoms with Crippen molar-refractivity contribution in [3.8, 4) is 0 Å². The minimum Gasteiger partial charge on any atom is -0.338 e. The zero-order valence-corrected chi connectivity index (χ0v) is 12.1. The molecule has 0 bridgehead atoms. The average molecular weight is 269 g/mol. The van der Waals surface area contributed by atoms with Crippen molar-refractivity contribution < 1.29 is 0 Å². The van der Waals surface area contributed by atoms with Gasteiger partial charge in [-0.1, -0.05) is 24.3 Å². The molecule has 2 unspecified atom stereocenters. The Morgan fingerprint density at radius 3 is 3.05 bits per heavy atom. The van der Waals surface area contributed by atoms with Crippen molar-refractivity contribution >= 4 is 0 Å². The lowest BCUT2D eigenvalue weighted by Gasteiger charge is -2.30. The number of imidazole rings is 1. The molecule has 20 heavy (non-hydrogen) atoms. The quantitative estimate of drug-likeness (QED) is 0.927. The summed E-state index contributed by atoms with van der Waals surface area (Å²) in [4.78, 5) is 4.38. The van der Waals surface area contributed by atoms with Crippen molar-refractivity contribution in [3.63, 3.8) is 0 Å². The van der Waals surface area contributed by atoms with Crippen LogP contribution in [0.25, 0.3) is 0 Å². The molecule has 106 valence electrons. The van der Waals surface area contributed by atoms with Gasteiger partial charge in [0.2, 0.25) is 0 Å². The summed E-state index contributed by atoms with van der Waals surface area (Å²) in [5.74, 6) is 1.64. The van der Waals surface area contributed by atoms with Crippen LogP contribution in [0.4, 0.5) is 0 Å². The summed E-state index contributed by atoms with van der Waals surface area (Å²) in [6.07, 6.45) is 9.51. The highest BCUT2D eigenvalue weighted by Gasteiger charge is 2.25. The normalized spacial score (nSPS) is 19.6. The van der Waals surface area contributed by atoms with Gasteiger partial charge in [-0.2, -0.15) is 0 Å². The predicted molar refractivity (Wildman–Crippen MR) is 81.6 cm³/mol. The van der Waals surface area contributed by atoms with Crippen LogP contribution in [-0.2, 0) is 19.9 Å². The van der Waals surface area contributed by atoms with Crippen molar-refractivity contribution in [2.75, 3.05) is 0 Å². The van der Waals surface area contributed by atoms with Gasteiger partial charge < -0.3 is 10.3 Å². The van der Waals surface area contributed by atoms with Crippen LogP contribution in [0.5, 0.6) is 0 Å². The van der Waals surface area contributed by atoms with E-state index >= 15 is 0 Å². The molecule has 3 heteroatoms. The standard InChI is InChI=1S/C17H23N3/c1-20-12-11-19-17(20)10-9-16(18)15-8-4-6-13-5-2-3-7-14(13)15/h2-3,5,7,11-12,15-16H,4,6,8-10,18H2,1H3. The van der Waals surface area contributed by atoms with Gasteiger partial charge in [0, 0.05) is 31.9 Å². The molecule has 0 aliphatic heterocycles. The molecule has 1 aromatic heterocycles. The maximum atomic E-state index is 6.49. The number of fused-ring (bicyclic) bond motifs is 1. The molecule has 2 aromatic rings. The van der Waals surface area contributed by atoms with Crippen LogP contribution in [0.3, 0.4) is 0 Å². The zero-order valence-electron chi connectivity index (χ0n) is 12.1. The molecule has 3 rings (SSSR count). The molecule has 2 N–H and O–H groups in total. The highest BCUT2D eigenvalue weighted by Crippen LogP contribution is 2.34. The summed E-state index contributed by atoms with van der Waals surface area (Å²) >= 11 is 0. The molecule has 0 amide bonds. The maximum Gasteiger partial charge on any atom is 0.108 e. The fourth-order valence-electron chi connectivity index (χ4n) is 3.37. The average Bonchev–Trinajstić information content (AvgIpc) is 2.89. The van der Waals surface area contributed by atoms with E-state index in [2.05, 4.69) is 33.8 Å². The topological polar surface area (TPSA) is 43.8 Å². The van der Waals surface area contributed by atoms with E-state index in [1.54, 1.807) is 0 Å². The number of hydrogen-bond donors (Lipinski definition) is 1. The van der Waals surface area contributed by atoms with Crippen LogP contribution in [0.1, 0.15) is 42.1 Å². The summed E-state index contributed by atoms with van der Waals surface area (Å²) in [5, 5.41) is 0.